The van der Waals surface area contributed by atoms with Crippen LogP contribution >= 0.6 is 11.6 Å². The van der Waals surface area contributed by atoms with E-state index in [1.54, 1.807) is 4.90 Å². The molecule has 2 bridgehead atoms. The predicted molar refractivity (Wildman–Crippen MR) is 150 cm³/mol. The van der Waals surface area contributed by atoms with Crippen LogP contribution in [0.5, 0.6) is 0 Å². The minimum Gasteiger partial charge on any atom is -0.359 e. The van der Waals surface area contributed by atoms with Crippen LogP contribution in [0.1, 0.15) is 65.7 Å². The van der Waals surface area contributed by atoms with E-state index in [-0.39, 0.29) is 28.9 Å². The van der Waals surface area contributed by atoms with Gasteiger partial charge in [0.2, 0.25) is 17.7 Å². The molecule has 7 nitrogen and oxygen atoms in total. The molecule has 2 saturated carbocycles. The molecule has 3 amide bonds. The summed E-state index contributed by atoms with van der Waals surface area (Å²) in [4.78, 5) is 44.0. The van der Waals surface area contributed by atoms with Crippen LogP contribution < -0.4 is 10.6 Å². The number of fused-ring (bicyclic) bond motifs is 1. The zero-order chi connectivity index (χ0) is 28.3. The number of rotatable bonds is 5. The number of benzene rings is 1. The summed E-state index contributed by atoms with van der Waals surface area (Å²) in [5.74, 6) is -1.53. The summed E-state index contributed by atoms with van der Waals surface area (Å²) >= 11 is 5.93. The monoisotopic (exact) mass is 571 g/mol. The summed E-state index contributed by atoms with van der Waals surface area (Å²) in [5, 5.41) is 6.04. The molecule has 6 rings (SSSR count). The Hall–Kier alpha value is -2.45. The normalized spacial score (nSPS) is 40.3. The lowest BCUT2D eigenvalue weighted by Crippen LogP contribution is -2.59. The Kier molecular flexibility index (Phi) is 7.22. The van der Waals surface area contributed by atoms with Crippen LogP contribution in [0.25, 0.3) is 0 Å². The molecule has 0 radical (unpaired) electrons. The molecule has 9 heteroatoms. The number of halogens is 2. The molecule has 1 aromatic rings. The first-order valence-electron chi connectivity index (χ1n) is 14.9. The third-order valence-corrected chi connectivity index (χ3v) is 10.8. The fraction of sp³-hybridized carbons (Fsp3) is 0.645. The van der Waals surface area contributed by atoms with Gasteiger partial charge in [-0.25, -0.2) is 4.39 Å². The van der Waals surface area contributed by atoms with Gasteiger partial charge in [-0.2, -0.15) is 0 Å². The molecule has 1 spiro atoms. The Morgan fingerprint density at radius 3 is 2.55 bits per heavy atom. The van der Waals surface area contributed by atoms with Crippen molar-refractivity contribution in [2.24, 2.45) is 29.6 Å². The van der Waals surface area contributed by atoms with Gasteiger partial charge < -0.3 is 20.3 Å². The molecule has 2 aliphatic carbocycles. The first-order valence-corrected chi connectivity index (χ1v) is 15.2. The first-order chi connectivity index (χ1) is 19.1. The van der Waals surface area contributed by atoms with Crippen LogP contribution in [0, 0.1) is 35.4 Å². The third kappa shape index (κ3) is 4.46. The lowest BCUT2D eigenvalue weighted by atomic mass is 9.73. The maximum absolute atomic E-state index is 14.3. The van der Waals surface area contributed by atoms with Crippen LogP contribution in [0.2, 0.25) is 5.02 Å². The average molecular weight is 572 g/mol. The quantitative estimate of drug-likeness (QED) is 0.482. The van der Waals surface area contributed by atoms with Crippen molar-refractivity contribution >= 4 is 35.0 Å². The van der Waals surface area contributed by atoms with Gasteiger partial charge >= 0.3 is 0 Å². The summed E-state index contributed by atoms with van der Waals surface area (Å²) in [7, 11) is 0. The van der Waals surface area contributed by atoms with Crippen LogP contribution in [0.15, 0.2) is 30.4 Å². The van der Waals surface area contributed by atoms with Crippen LogP contribution in [0.4, 0.5) is 10.1 Å². The maximum atomic E-state index is 14.3. The van der Waals surface area contributed by atoms with Crippen molar-refractivity contribution < 1.29 is 23.5 Å². The average Bonchev–Trinajstić information content (AvgIpc) is 3.57. The van der Waals surface area contributed by atoms with Gasteiger partial charge in [-0.15, -0.1) is 0 Å². The van der Waals surface area contributed by atoms with Crippen molar-refractivity contribution in [2.75, 3.05) is 5.32 Å². The van der Waals surface area contributed by atoms with E-state index in [4.69, 9.17) is 16.3 Å². The van der Waals surface area contributed by atoms with Gasteiger partial charge in [0.05, 0.1) is 23.0 Å². The van der Waals surface area contributed by atoms with Crippen molar-refractivity contribution in [3.63, 3.8) is 0 Å². The van der Waals surface area contributed by atoms with Gasteiger partial charge in [-0.05, 0) is 68.1 Å². The van der Waals surface area contributed by atoms with E-state index in [9.17, 15) is 18.8 Å². The number of carbonyl (C=O) groups is 3. The molecule has 40 heavy (non-hydrogen) atoms. The molecule has 4 fully saturated rings. The summed E-state index contributed by atoms with van der Waals surface area (Å²) < 4.78 is 20.2. The first kappa shape index (κ1) is 27.7. The van der Waals surface area contributed by atoms with E-state index >= 15 is 0 Å². The van der Waals surface area contributed by atoms with E-state index in [2.05, 4.69) is 31.4 Å². The van der Waals surface area contributed by atoms with E-state index in [0.717, 1.165) is 44.9 Å². The number of anilines is 1. The predicted octanol–water partition coefficient (Wildman–Crippen LogP) is 5.09. The Labute approximate surface area is 240 Å². The molecular formula is C31H39ClFN3O4. The van der Waals surface area contributed by atoms with E-state index in [1.165, 1.54) is 18.2 Å². The summed E-state index contributed by atoms with van der Waals surface area (Å²) in [5.41, 5.74) is -0.851. The van der Waals surface area contributed by atoms with Crippen molar-refractivity contribution in [3.05, 3.63) is 41.2 Å². The van der Waals surface area contributed by atoms with Gasteiger partial charge in [0.25, 0.3) is 0 Å². The Morgan fingerprint density at radius 1 is 1.07 bits per heavy atom. The lowest BCUT2D eigenvalue weighted by Gasteiger charge is -2.41. The van der Waals surface area contributed by atoms with E-state index in [0.29, 0.717) is 23.4 Å². The molecular weight excluding hydrogens is 533 g/mol. The minimum atomic E-state index is -1.19. The molecule has 216 valence electrons. The second-order valence-corrected chi connectivity index (χ2v) is 13.3. The highest BCUT2D eigenvalue weighted by atomic mass is 35.5. The molecule has 2 N–H and O–H groups in total. The Bertz CT molecular complexity index is 1230. The Morgan fingerprint density at radius 2 is 1.82 bits per heavy atom. The standard InChI is InChI=1S/C31H39ClFN3O4/c1-16-7-10-20(11-8-16)36-27(29(38)35-23-6-4-5-17(2)18(23)3)31-14-13-24(40-31)25(26(31)30(36)39)28(37)34-19-9-12-22(33)21(32)15-19/h9,12-18,20,23-27H,4-8,10-11H2,1-3H3,(H,34,37)(H,35,38)/t16?,17-,18+,20?,23-,24+,25-,26+,27+,31+/m1/s1. The molecule has 5 aliphatic rings. The van der Waals surface area contributed by atoms with Crippen molar-refractivity contribution in [1.29, 1.82) is 0 Å². The smallest absolute Gasteiger partial charge is 0.246 e. The number of amides is 3. The largest absolute Gasteiger partial charge is 0.359 e. The van der Waals surface area contributed by atoms with Crippen LogP contribution in [0.3, 0.4) is 0 Å². The summed E-state index contributed by atoms with van der Waals surface area (Å²) in [6.45, 7) is 6.64. The van der Waals surface area contributed by atoms with E-state index < -0.39 is 41.3 Å². The zero-order valence-electron chi connectivity index (χ0n) is 23.4. The molecule has 1 aromatic carbocycles. The number of hydrogen-bond donors (Lipinski definition) is 2. The van der Waals surface area contributed by atoms with Gasteiger partial charge in [-0.1, -0.05) is 57.4 Å². The van der Waals surface area contributed by atoms with Gasteiger partial charge in [0, 0.05) is 17.8 Å². The van der Waals surface area contributed by atoms with Crippen LogP contribution in [-0.2, 0) is 19.1 Å². The molecule has 0 unspecified atom stereocenters. The number of carbonyl (C=O) groups excluding carboxylic acids is 3. The zero-order valence-corrected chi connectivity index (χ0v) is 24.1. The number of nitrogens with zero attached hydrogens (tertiary/aromatic N) is 1. The highest BCUT2D eigenvalue weighted by Crippen LogP contribution is 2.56. The highest BCUT2D eigenvalue weighted by Gasteiger charge is 2.73. The number of nitrogens with one attached hydrogen (secondary N) is 2. The Balaban J connectivity index is 1.31. The number of likely N-dealkylation sites (tertiary alicyclic amines) is 1. The van der Waals surface area contributed by atoms with Crippen LogP contribution in [-0.4, -0.2) is 52.5 Å². The second-order valence-electron chi connectivity index (χ2n) is 12.9. The molecule has 2 saturated heterocycles. The summed E-state index contributed by atoms with van der Waals surface area (Å²) in [6, 6.07) is 3.12. The molecule has 0 aromatic heterocycles. The SMILES string of the molecule is CC1CCC(N2C(=O)[C@@H]3[C@H](C(=O)Nc4ccc(F)c(Cl)c4)[C@@H]4C=C[C@@]3(O4)[C@@H]2C(=O)N[C@@H]2CCC[C@@H](C)[C@@H]2C)CC1. The van der Waals surface area contributed by atoms with Gasteiger partial charge in [0.1, 0.15) is 17.5 Å². The summed E-state index contributed by atoms with van der Waals surface area (Å²) in [6.07, 6.45) is 9.83. The molecule has 8 atom stereocenters. The highest BCUT2D eigenvalue weighted by molar-refractivity contribution is 6.31. The number of hydrogen-bond acceptors (Lipinski definition) is 4. The van der Waals surface area contributed by atoms with Gasteiger partial charge in [-0.3, -0.25) is 14.4 Å². The fourth-order valence-electron chi connectivity index (χ4n) is 7.97. The second kappa shape index (κ2) is 10.4. The van der Waals surface area contributed by atoms with Crippen molar-refractivity contribution in [3.8, 4) is 0 Å². The molecule has 3 aliphatic heterocycles. The topological polar surface area (TPSA) is 87.7 Å². The van der Waals surface area contributed by atoms with Crippen molar-refractivity contribution in [1.82, 2.24) is 10.2 Å². The molecule has 3 heterocycles. The van der Waals surface area contributed by atoms with Crippen molar-refractivity contribution in [2.45, 2.75) is 95.5 Å². The van der Waals surface area contributed by atoms with Gasteiger partial charge in [0.15, 0.2) is 0 Å². The third-order valence-electron chi connectivity index (χ3n) is 10.5. The minimum absolute atomic E-state index is 0.0416. The fourth-order valence-corrected chi connectivity index (χ4v) is 8.15. The number of ether oxygens (including phenoxy) is 1. The van der Waals surface area contributed by atoms with E-state index in [1.807, 2.05) is 12.2 Å². The maximum Gasteiger partial charge on any atom is 0.246 e. The lowest BCUT2D eigenvalue weighted by molar-refractivity contribution is -0.145.